The Kier molecular flexibility index (Phi) is 6.92. The predicted molar refractivity (Wildman–Crippen MR) is 125 cm³/mol. The summed E-state index contributed by atoms with van der Waals surface area (Å²) in [6.07, 6.45) is -4.32. The monoisotopic (exact) mass is 502 g/mol. The van der Waals surface area contributed by atoms with Gasteiger partial charge in [0.05, 0.1) is 11.8 Å². The van der Waals surface area contributed by atoms with Gasteiger partial charge < -0.3 is 15.4 Å². The lowest BCUT2D eigenvalue weighted by atomic mass is 10.1. The van der Waals surface area contributed by atoms with Gasteiger partial charge in [0.2, 0.25) is 0 Å². The van der Waals surface area contributed by atoms with Gasteiger partial charge in [-0.3, -0.25) is 4.79 Å². The van der Waals surface area contributed by atoms with Crippen LogP contribution in [0.2, 0.25) is 5.02 Å². The Labute approximate surface area is 202 Å². The molecule has 3 amide bonds. The fourth-order valence-corrected chi connectivity index (χ4v) is 3.69. The fraction of sp³-hybridized carbons (Fsp3) is 0.125. The average Bonchev–Trinajstić information content (AvgIpc) is 3.15. The lowest BCUT2D eigenvalue weighted by Crippen LogP contribution is -2.40. The molecule has 3 N–H and O–H groups in total. The molecule has 11 heteroatoms. The summed E-state index contributed by atoms with van der Waals surface area (Å²) in [5, 5.41) is 10.1. The van der Waals surface area contributed by atoms with E-state index in [1.165, 1.54) is 12.1 Å². The smallest absolute Gasteiger partial charge is 0.406 e. The first-order valence-corrected chi connectivity index (χ1v) is 10.7. The number of nitrogens with one attached hydrogen (secondary N) is 3. The minimum absolute atomic E-state index is 0.233. The van der Waals surface area contributed by atoms with Gasteiger partial charge >= 0.3 is 12.4 Å². The topological polar surface area (TPSA) is 91.8 Å². The average molecular weight is 503 g/mol. The van der Waals surface area contributed by atoms with Crippen LogP contribution in [0, 0.1) is 0 Å². The van der Waals surface area contributed by atoms with Crippen LogP contribution >= 0.6 is 11.6 Å². The highest BCUT2D eigenvalue weighted by molar-refractivity contribution is 6.30. The molecule has 0 fully saturated rings. The third kappa shape index (κ3) is 6.30. The number of halogens is 4. The van der Waals surface area contributed by atoms with Gasteiger partial charge in [0.25, 0.3) is 5.91 Å². The third-order valence-corrected chi connectivity index (χ3v) is 5.33. The van der Waals surface area contributed by atoms with Gasteiger partial charge in [-0.25, -0.2) is 10.2 Å². The van der Waals surface area contributed by atoms with Crippen molar-refractivity contribution in [3.05, 3.63) is 94.5 Å². The second-order valence-corrected chi connectivity index (χ2v) is 7.97. The molecule has 3 aromatic carbocycles. The molecule has 0 saturated heterocycles. The molecule has 3 aromatic rings. The Morgan fingerprint density at radius 3 is 2.34 bits per heavy atom. The predicted octanol–water partition coefficient (Wildman–Crippen LogP) is 5.12. The number of alkyl halides is 3. The number of amides is 3. The van der Waals surface area contributed by atoms with Crippen molar-refractivity contribution >= 4 is 34.9 Å². The molecule has 0 bridgehead atoms. The van der Waals surface area contributed by atoms with Gasteiger partial charge in [-0.1, -0.05) is 35.9 Å². The Balaban J connectivity index is 1.44. The quantitative estimate of drug-likeness (QED) is 0.423. The molecule has 180 valence electrons. The van der Waals surface area contributed by atoms with Crippen LogP contribution in [-0.2, 0) is 6.42 Å². The normalized spacial score (nSPS) is 15.9. The number of benzene rings is 3. The molecule has 0 aromatic heterocycles. The number of fused-ring (bicyclic) bond motifs is 1. The molecule has 4 rings (SSSR count). The number of rotatable bonds is 5. The van der Waals surface area contributed by atoms with Gasteiger partial charge in [0, 0.05) is 21.8 Å². The van der Waals surface area contributed by atoms with E-state index in [1.807, 2.05) is 24.3 Å². The van der Waals surface area contributed by atoms with Crippen molar-refractivity contribution in [1.29, 1.82) is 0 Å². The summed E-state index contributed by atoms with van der Waals surface area (Å²) < 4.78 is 40.6. The van der Waals surface area contributed by atoms with E-state index in [2.05, 4.69) is 25.9 Å². The zero-order chi connectivity index (χ0) is 25.0. The molecule has 1 unspecified atom stereocenters. The summed E-state index contributed by atoms with van der Waals surface area (Å²) in [6.45, 7) is 0. The number of ether oxygens (including phenoxy) is 1. The van der Waals surface area contributed by atoms with Crippen LogP contribution in [0.1, 0.15) is 21.5 Å². The number of urea groups is 1. The first-order valence-electron chi connectivity index (χ1n) is 10.3. The van der Waals surface area contributed by atoms with Crippen LogP contribution in [0.5, 0.6) is 5.75 Å². The van der Waals surface area contributed by atoms with Crippen molar-refractivity contribution in [3.8, 4) is 5.75 Å². The van der Waals surface area contributed by atoms with E-state index >= 15 is 0 Å². The molecule has 1 atom stereocenters. The molecule has 1 aliphatic rings. The van der Waals surface area contributed by atoms with Crippen molar-refractivity contribution in [3.63, 3.8) is 0 Å². The molecule has 0 saturated carbocycles. The Morgan fingerprint density at radius 1 is 0.971 bits per heavy atom. The van der Waals surface area contributed by atoms with E-state index in [0.29, 0.717) is 22.7 Å². The number of nitrogens with zero attached hydrogens (tertiary/aromatic N) is 1. The molecule has 0 spiro atoms. The van der Waals surface area contributed by atoms with Crippen molar-refractivity contribution in [2.75, 3.05) is 5.32 Å². The Bertz CT molecular complexity index is 1260. The highest BCUT2D eigenvalue weighted by Gasteiger charge is 2.31. The van der Waals surface area contributed by atoms with E-state index in [-0.39, 0.29) is 11.6 Å². The lowest BCUT2D eigenvalue weighted by Gasteiger charge is -2.14. The van der Waals surface area contributed by atoms with Crippen LogP contribution in [0.4, 0.5) is 23.7 Å². The maximum Gasteiger partial charge on any atom is 0.573 e. The van der Waals surface area contributed by atoms with Crippen molar-refractivity contribution in [1.82, 2.24) is 10.7 Å². The van der Waals surface area contributed by atoms with E-state index in [1.54, 1.807) is 24.3 Å². The van der Waals surface area contributed by atoms with Crippen LogP contribution in [0.25, 0.3) is 0 Å². The molecule has 35 heavy (non-hydrogen) atoms. The standard InChI is InChI=1S/C24H18ClF3N4O3/c25-16-7-5-14(6-8-16)22(33)30-20-13-15-3-1-2-4-19(15)21(20)31-32-23(34)29-17-9-11-18(12-10-17)35-24(26,27)28/h1-12,20H,13H2,(H,30,33)(H2,29,32,34)/b31-21+. The van der Waals surface area contributed by atoms with Crippen LogP contribution in [0.3, 0.4) is 0 Å². The van der Waals surface area contributed by atoms with E-state index < -0.39 is 24.2 Å². The number of hydrazone groups is 1. The van der Waals surface area contributed by atoms with Gasteiger partial charge in [-0.2, -0.15) is 5.10 Å². The fourth-order valence-electron chi connectivity index (χ4n) is 3.56. The minimum atomic E-state index is -4.81. The number of carbonyl (C=O) groups excluding carboxylic acids is 2. The van der Waals surface area contributed by atoms with Gasteiger partial charge in [-0.05, 0) is 60.5 Å². The lowest BCUT2D eigenvalue weighted by molar-refractivity contribution is -0.274. The van der Waals surface area contributed by atoms with E-state index in [0.717, 1.165) is 23.3 Å². The summed E-state index contributed by atoms with van der Waals surface area (Å²) >= 11 is 5.88. The first kappa shape index (κ1) is 24.1. The zero-order valence-corrected chi connectivity index (χ0v) is 18.7. The molecule has 7 nitrogen and oxygen atoms in total. The first-order chi connectivity index (χ1) is 16.7. The zero-order valence-electron chi connectivity index (χ0n) is 17.9. The molecule has 0 heterocycles. The highest BCUT2D eigenvalue weighted by atomic mass is 35.5. The summed E-state index contributed by atoms with van der Waals surface area (Å²) in [5.41, 5.74) is 5.23. The van der Waals surface area contributed by atoms with E-state index in [4.69, 9.17) is 11.6 Å². The maximum absolute atomic E-state index is 12.7. The van der Waals surface area contributed by atoms with Crippen LogP contribution in [-0.4, -0.2) is 30.1 Å². The van der Waals surface area contributed by atoms with Crippen LogP contribution in [0.15, 0.2) is 77.9 Å². The number of hydrogen-bond donors (Lipinski definition) is 3. The SMILES string of the molecule is O=C(N/N=C1\c2ccccc2CC1NC(=O)c1ccc(Cl)cc1)Nc1ccc(OC(F)(F)F)cc1. The summed E-state index contributed by atoms with van der Waals surface area (Å²) in [4.78, 5) is 25.0. The van der Waals surface area contributed by atoms with Gasteiger partial charge in [0.1, 0.15) is 5.75 Å². The van der Waals surface area contributed by atoms with Gasteiger partial charge in [0.15, 0.2) is 0 Å². The molecule has 0 radical (unpaired) electrons. The number of anilines is 1. The number of hydrogen-bond acceptors (Lipinski definition) is 4. The van der Waals surface area contributed by atoms with E-state index in [9.17, 15) is 22.8 Å². The van der Waals surface area contributed by atoms with Crippen molar-refractivity contribution < 1.29 is 27.5 Å². The second-order valence-electron chi connectivity index (χ2n) is 7.53. The minimum Gasteiger partial charge on any atom is -0.406 e. The number of carbonyl (C=O) groups is 2. The highest BCUT2D eigenvalue weighted by Crippen LogP contribution is 2.25. The largest absolute Gasteiger partial charge is 0.573 e. The van der Waals surface area contributed by atoms with Crippen molar-refractivity contribution in [2.45, 2.75) is 18.8 Å². The molecular formula is C24H18ClF3N4O3. The summed E-state index contributed by atoms with van der Waals surface area (Å²) in [5.74, 6) is -0.733. The summed E-state index contributed by atoms with van der Waals surface area (Å²) in [7, 11) is 0. The van der Waals surface area contributed by atoms with Gasteiger partial charge in [-0.15, -0.1) is 13.2 Å². The maximum atomic E-state index is 12.7. The second kappa shape index (κ2) is 10.1. The molecule has 0 aliphatic heterocycles. The molecular weight excluding hydrogens is 485 g/mol. The third-order valence-electron chi connectivity index (χ3n) is 5.08. The Hall–Kier alpha value is -4.05. The van der Waals surface area contributed by atoms with Crippen LogP contribution < -0.4 is 20.8 Å². The molecule has 1 aliphatic carbocycles. The van der Waals surface area contributed by atoms with Crippen molar-refractivity contribution in [2.24, 2.45) is 5.10 Å². The summed E-state index contributed by atoms with van der Waals surface area (Å²) in [6, 6.07) is 17.3. The Morgan fingerprint density at radius 2 is 1.66 bits per heavy atom.